The van der Waals surface area contributed by atoms with Crippen LogP contribution in [0.3, 0.4) is 0 Å². The summed E-state index contributed by atoms with van der Waals surface area (Å²) < 4.78 is 10.0. The molecule has 2 fully saturated rings. The van der Waals surface area contributed by atoms with Crippen molar-refractivity contribution < 1.29 is 58.4 Å². The molecule has 13 nitrogen and oxygen atoms in total. The minimum atomic E-state index is -3.00. The van der Waals surface area contributed by atoms with Gasteiger partial charge in [-0.1, -0.05) is 43.3 Å². The van der Waals surface area contributed by atoms with Gasteiger partial charge >= 0.3 is 11.9 Å². The molecule has 0 spiro atoms. The molecule has 0 aromatic heterocycles. The Morgan fingerprint density at radius 1 is 0.957 bits per heavy atom. The second-order valence-corrected chi connectivity index (χ2v) is 12.2. The van der Waals surface area contributed by atoms with Crippen molar-refractivity contribution in [2.45, 2.75) is 51.2 Å². The molecule has 7 atom stereocenters. The predicted molar refractivity (Wildman–Crippen MR) is 160 cm³/mol. The van der Waals surface area contributed by atoms with E-state index >= 15 is 0 Å². The van der Waals surface area contributed by atoms with E-state index in [1.165, 1.54) is 0 Å². The van der Waals surface area contributed by atoms with E-state index in [2.05, 4.69) is 0 Å². The van der Waals surface area contributed by atoms with Crippen LogP contribution in [0.4, 0.5) is 0 Å². The molecule has 0 aliphatic heterocycles. The van der Waals surface area contributed by atoms with Crippen LogP contribution >= 0.6 is 0 Å². The van der Waals surface area contributed by atoms with E-state index in [0.29, 0.717) is 16.7 Å². The topological polar surface area (TPSA) is 225 Å². The first kappa shape index (κ1) is 33.6. The van der Waals surface area contributed by atoms with E-state index in [1.807, 2.05) is 0 Å². The van der Waals surface area contributed by atoms with Crippen molar-refractivity contribution in [2.24, 2.45) is 35.3 Å². The van der Waals surface area contributed by atoms with Gasteiger partial charge in [-0.3, -0.25) is 33.6 Å². The standard InChI is InChI=1S/C34H35NO12/c1-4-46-32(43)19(33(44)47-5-2)12-15-6-8-16(9-7-15)18-11-10-17-14(3)22-25(28(39)23(17)26(18)37)30(41)34(45)20(27(22)38)13-21(36)24(29(34)40)31(35)42/h6-11,14,19-20,22,24-25,27,37-38,45H,4-5,12-13H2,1-3H3,(H2,35,42)/t14-,20+,22+,24?,25?,27+,34+/m0/s1. The second kappa shape index (κ2) is 12.5. The number of nitrogens with two attached hydrogens (primary N) is 1. The zero-order valence-corrected chi connectivity index (χ0v) is 25.9. The van der Waals surface area contributed by atoms with Crippen LogP contribution in [0.1, 0.15) is 54.6 Å². The van der Waals surface area contributed by atoms with Gasteiger partial charge in [-0.25, -0.2) is 0 Å². The zero-order valence-electron chi connectivity index (χ0n) is 25.9. The number of hydrogen-bond acceptors (Lipinski definition) is 12. The summed E-state index contributed by atoms with van der Waals surface area (Å²) in [6, 6.07) is 9.60. The number of phenols is 1. The summed E-state index contributed by atoms with van der Waals surface area (Å²) in [5.74, 6) is -16.3. The molecule has 5 N–H and O–H groups in total. The second-order valence-electron chi connectivity index (χ2n) is 12.2. The van der Waals surface area contributed by atoms with Crippen molar-refractivity contribution in [2.75, 3.05) is 13.2 Å². The van der Waals surface area contributed by atoms with Crippen LogP contribution in [0.25, 0.3) is 11.1 Å². The van der Waals surface area contributed by atoms with Crippen LogP contribution in [0.2, 0.25) is 0 Å². The quantitative estimate of drug-likeness (QED) is 0.230. The molecule has 0 bridgehead atoms. The number of primary amides is 1. The molecular weight excluding hydrogens is 614 g/mol. The van der Waals surface area contributed by atoms with E-state index in [4.69, 9.17) is 15.2 Å². The molecule has 0 heterocycles. The fraction of sp³-hybridized carbons (Fsp3) is 0.441. The number of fused-ring (bicyclic) bond motifs is 3. The number of carbonyl (C=O) groups is 7. The summed E-state index contributed by atoms with van der Waals surface area (Å²) in [7, 11) is 0. The first-order valence-corrected chi connectivity index (χ1v) is 15.3. The monoisotopic (exact) mass is 649 g/mol. The minimum Gasteiger partial charge on any atom is -0.507 e. The summed E-state index contributed by atoms with van der Waals surface area (Å²) in [6.07, 6.45) is -2.33. The Morgan fingerprint density at radius 2 is 1.55 bits per heavy atom. The van der Waals surface area contributed by atoms with Crippen LogP contribution in [0, 0.1) is 29.6 Å². The van der Waals surface area contributed by atoms with E-state index in [1.54, 1.807) is 57.2 Å². The minimum absolute atomic E-state index is 0.0115. The highest BCUT2D eigenvalue weighted by molar-refractivity contribution is 6.31. The van der Waals surface area contributed by atoms with E-state index < -0.39 is 100 Å². The SMILES string of the molecule is CCOC(=O)C(Cc1ccc(-c2ccc3c(c2O)C(=O)C2C(=O)[C@]4(O)C(=O)C(C(N)=O)C(=O)C[C@@H]4[C@@H](O)[C@@H]2[C@H]3C)cc1)C(=O)OCC. The van der Waals surface area contributed by atoms with Gasteiger partial charge in [0.15, 0.2) is 40.6 Å². The van der Waals surface area contributed by atoms with E-state index in [0.717, 1.165) is 0 Å². The Morgan fingerprint density at radius 3 is 2.11 bits per heavy atom. The van der Waals surface area contributed by atoms with Crippen molar-refractivity contribution >= 4 is 41.0 Å². The Hall–Kier alpha value is -4.75. The van der Waals surface area contributed by atoms with Crippen LogP contribution in [-0.4, -0.2) is 81.2 Å². The van der Waals surface area contributed by atoms with Gasteiger partial charge in [-0.2, -0.15) is 0 Å². The maximum atomic E-state index is 14.0. The molecular formula is C34H35NO12. The van der Waals surface area contributed by atoms with Crippen molar-refractivity contribution in [3.8, 4) is 16.9 Å². The van der Waals surface area contributed by atoms with E-state index in [-0.39, 0.29) is 30.8 Å². The Balaban J connectivity index is 1.49. The third-order valence-electron chi connectivity index (χ3n) is 9.71. The zero-order chi connectivity index (χ0) is 34.5. The van der Waals surface area contributed by atoms with Crippen LogP contribution in [-0.2, 0) is 44.7 Å². The number of rotatable bonds is 8. The molecule has 248 valence electrons. The maximum absolute atomic E-state index is 14.0. The normalized spacial score (nSPS) is 28.3. The number of carbonyl (C=O) groups excluding carboxylic acids is 7. The van der Waals surface area contributed by atoms with Gasteiger partial charge in [-0.05, 0) is 42.9 Å². The molecule has 47 heavy (non-hydrogen) atoms. The molecule has 2 aromatic rings. The summed E-state index contributed by atoms with van der Waals surface area (Å²) in [6.45, 7) is 5.03. The van der Waals surface area contributed by atoms with Gasteiger partial charge in [0.25, 0.3) is 0 Å². The molecule has 2 saturated carbocycles. The van der Waals surface area contributed by atoms with Gasteiger partial charge in [0.1, 0.15) is 5.75 Å². The lowest BCUT2D eigenvalue weighted by molar-refractivity contribution is -0.189. The number of ketones is 4. The lowest BCUT2D eigenvalue weighted by atomic mass is 9.50. The lowest BCUT2D eigenvalue weighted by Crippen LogP contribution is -2.72. The lowest BCUT2D eigenvalue weighted by Gasteiger charge is -2.52. The number of aliphatic hydroxyl groups excluding tert-OH is 1. The van der Waals surface area contributed by atoms with Crippen molar-refractivity contribution in [3.63, 3.8) is 0 Å². The van der Waals surface area contributed by atoms with Crippen LogP contribution < -0.4 is 5.73 Å². The fourth-order valence-electron chi connectivity index (χ4n) is 7.39. The number of ether oxygens (including phenoxy) is 2. The van der Waals surface area contributed by atoms with Crippen molar-refractivity contribution in [1.82, 2.24) is 0 Å². The van der Waals surface area contributed by atoms with Gasteiger partial charge in [0.05, 0.1) is 30.8 Å². The first-order valence-electron chi connectivity index (χ1n) is 15.3. The number of phenolic OH excluding ortho intramolecular Hbond substituents is 1. The Kier molecular flexibility index (Phi) is 8.91. The maximum Gasteiger partial charge on any atom is 0.320 e. The highest BCUT2D eigenvalue weighted by Crippen LogP contribution is 2.54. The van der Waals surface area contributed by atoms with Gasteiger partial charge in [0.2, 0.25) is 5.91 Å². The summed E-state index contributed by atoms with van der Waals surface area (Å²) >= 11 is 0. The molecule has 0 radical (unpaired) electrons. The van der Waals surface area contributed by atoms with Crippen molar-refractivity contribution in [1.29, 1.82) is 0 Å². The number of aromatic hydroxyl groups is 1. The molecule has 3 aliphatic carbocycles. The molecule has 5 rings (SSSR count). The van der Waals surface area contributed by atoms with Crippen LogP contribution in [0.5, 0.6) is 5.75 Å². The van der Waals surface area contributed by atoms with Gasteiger partial charge in [0, 0.05) is 23.8 Å². The molecule has 2 unspecified atom stereocenters. The first-order chi connectivity index (χ1) is 22.2. The average Bonchev–Trinajstić information content (AvgIpc) is 3.02. The summed E-state index contributed by atoms with van der Waals surface area (Å²) in [5, 5.41) is 34.3. The predicted octanol–water partition coefficient (Wildman–Crippen LogP) is 0.811. The molecule has 0 saturated heterocycles. The van der Waals surface area contributed by atoms with Crippen molar-refractivity contribution in [3.05, 3.63) is 53.1 Å². The van der Waals surface area contributed by atoms with Gasteiger partial charge in [-0.15, -0.1) is 0 Å². The number of amides is 1. The Labute approximate surface area is 269 Å². The fourth-order valence-corrected chi connectivity index (χ4v) is 7.39. The third kappa shape index (κ3) is 5.23. The highest BCUT2D eigenvalue weighted by atomic mass is 16.6. The number of benzene rings is 2. The van der Waals surface area contributed by atoms with Gasteiger partial charge < -0.3 is 30.5 Å². The van der Waals surface area contributed by atoms with Crippen LogP contribution in [0.15, 0.2) is 36.4 Å². The summed E-state index contributed by atoms with van der Waals surface area (Å²) in [5.41, 5.74) is 3.54. The molecule has 1 amide bonds. The molecule has 2 aromatic carbocycles. The van der Waals surface area contributed by atoms with E-state index in [9.17, 15) is 48.9 Å². The number of Topliss-reactive ketones (excluding diaryl/α,β-unsaturated/α-hetero) is 4. The number of hydrogen-bond donors (Lipinski definition) is 4. The molecule has 3 aliphatic rings. The number of aliphatic hydroxyl groups is 2. The summed E-state index contributed by atoms with van der Waals surface area (Å²) in [4.78, 5) is 90.4. The third-order valence-corrected chi connectivity index (χ3v) is 9.71. The smallest absolute Gasteiger partial charge is 0.320 e. The highest BCUT2D eigenvalue weighted by Gasteiger charge is 2.69. The molecule has 13 heteroatoms. The number of esters is 2. The average molecular weight is 650 g/mol. The largest absolute Gasteiger partial charge is 0.507 e. The Bertz CT molecular complexity index is 1680.